The second-order valence-corrected chi connectivity index (χ2v) is 12.9. The van der Waals surface area contributed by atoms with Gasteiger partial charge in [0.15, 0.2) is 11.9 Å². The van der Waals surface area contributed by atoms with Crippen LogP contribution in [-0.2, 0) is 41.8 Å². The van der Waals surface area contributed by atoms with Gasteiger partial charge in [0.2, 0.25) is 5.91 Å². The van der Waals surface area contributed by atoms with E-state index in [4.69, 9.17) is 14.2 Å². The maximum atomic E-state index is 13.6. The van der Waals surface area contributed by atoms with Crippen molar-refractivity contribution in [3.05, 3.63) is 120 Å². The Kier molecular flexibility index (Phi) is 12.3. The van der Waals surface area contributed by atoms with Crippen LogP contribution in [0.2, 0.25) is 0 Å². The highest BCUT2D eigenvalue weighted by atomic mass is 16.6. The molecule has 2 atom stereocenters. The standard InChI is InChI=1S/C37H43N5O7/c1-36(2,3)49-35(46)41-37(4,5)34(45)39-29(24-47-22-26-15-9-6-10-16-26)32(43)40-30-21-42(25-38-30)31(28-19-13-8-14-20-28)33(44)48-23-27-17-11-7-12-18-27/h6-21,25,29,31H,22-24H2,1-5H3,(H,39,45)(H,40,43)(H,41,46). The normalized spacial score (nSPS) is 12.7. The van der Waals surface area contributed by atoms with Crippen LogP contribution in [0.4, 0.5) is 10.6 Å². The van der Waals surface area contributed by atoms with Gasteiger partial charge in [-0.2, -0.15) is 0 Å². The SMILES string of the molecule is CC(C)(C)OC(=O)NC(C)(C)C(=O)NC(COCc1ccccc1)C(=O)Nc1cn(C(C(=O)OCc2ccccc2)c2ccccc2)cn1. The van der Waals surface area contributed by atoms with Crippen LogP contribution in [0.15, 0.2) is 104 Å². The van der Waals surface area contributed by atoms with Gasteiger partial charge in [-0.1, -0.05) is 91.0 Å². The summed E-state index contributed by atoms with van der Waals surface area (Å²) in [4.78, 5) is 57.1. The zero-order chi connectivity index (χ0) is 35.4. The smallest absolute Gasteiger partial charge is 0.408 e. The quantitative estimate of drug-likeness (QED) is 0.156. The summed E-state index contributed by atoms with van der Waals surface area (Å²) < 4.78 is 18.3. The van der Waals surface area contributed by atoms with E-state index in [-0.39, 0.29) is 25.6 Å². The minimum absolute atomic E-state index is 0.0881. The lowest BCUT2D eigenvalue weighted by Crippen LogP contribution is -2.59. The predicted molar refractivity (Wildman–Crippen MR) is 183 cm³/mol. The zero-order valence-corrected chi connectivity index (χ0v) is 28.3. The highest BCUT2D eigenvalue weighted by Crippen LogP contribution is 2.22. The number of ether oxygens (including phenoxy) is 3. The van der Waals surface area contributed by atoms with Crippen molar-refractivity contribution in [3.63, 3.8) is 0 Å². The molecule has 3 amide bonds. The van der Waals surface area contributed by atoms with E-state index in [0.29, 0.717) is 5.56 Å². The second-order valence-electron chi connectivity index (χ2n) is 12.9. The summed E-state index contributed by atoms with van der Waals surface area (Å²) in [5.74, 6) is -1.64. The Bertz CT molecular complexity index is 1690. The fourth-order valence-corrected chi connectivity index (χ4v) is 4.63. The van der Waals surface area contributed by atoms with E-state index < -0.39 is 47.1 Å². The van der Waals surface area contributed by atoms with Gasteiger partial charge in [0, 0.05) is 6.20 Å². The zero-order valence-electron chi connectivity index (χ0n) is 28.3. The number of esters is 1. The second kappa shape index (κ2) is 16.6. The number of anilines is 1. The molecule has 0 aliphatic rings. The number of carbonyl (C=O) groups is 4. The molecule has 0 aliphatic carbocycles. The number of aromatic nitrogens is 2. The number of alkyl carbamates (subject to hydrolysis) is 1. The molecule has 0 saturated heterocycles. The van der Waals surface area contributed by atoms with Crippen molar-refractivity contribution in [3.8, 4) is 0 Å². The monoisotopic (exact) mass is 669 g/mol. The molecule has 0 aliphatic heterocycles. The summed E-state index contributed by atoms with van der Waals surface area (Å²) >= 11 is 0. The third-order valence-corrected chi connectivity index (χ3v) is 7.11. The Morgan fingerprint density at radius 1 is 0.796 bits per heavy atom. The summed E-state index contributed by atoms with van der Waals surface area (Å²) in [6.07, 6.45) is 2.15. The van der Waals surface area contributed by atoms with Crippen LogP contribution < -0.4 is 16.0 Å². The molecular formula is C37H43N5O7. The number of benzene rings is 3. The van der Waals surface area contributed by atoms with E-state index in [2.05, 4.69) is 20.9 Å². The van der Waals surface area contributed by atoms with E-state index in [0.717, 1.165) is 11.1 Å². The number of imidazole rings is 1. The van der Waals surface area contributed by atoms with E-state index >= 15 is 0 Å². The summed E-state index contributed by atoms with van der Waals surface area (Å²) in [5.41, 5.74) is 0.171. The van der Waals surface area contributed by atoms with Gasteiger partial charge < -0.3 is 34.7 Å². The summed E-state index contributed by atoms with van der Waals surface area (Å²) in [5, 5.41) is 7.94. The summed E-state index contributed by atoms with van der Waals surface area (Å²) in [7, 11) is 0. The molecule has 12 heteroatoms. The third kappa shape index (κ3) is 11.3. The van der Waals surface area contributed by atoms with Crippen molar-refractivity contribution in [1.29, 1.82) is 0 Å². The fourth-order valence-electron chi connectivity index (χ4n) is 4.63. The average molecular weight is 670 g/mol. The first kappa shape index (κ1) is 36.3. The molecule has 0 bridgehead atoms. The lowest BCUT2D eigenvalue weighted by atomic mass is 10.0. The number of carbonyl (C=O) groups excluding carboxylic acids is 4. The van der Waals surface area contributed by atoms with Crippen molar-refractivity contribution in [2.75, 3.05) is 11.9 Å². The van der Waals surface area contributed by atoms with Gasteiger partial charge in [0.1, 0.15) is 23.8 Å². The van der Waals surface area contributed by atoms with E-state index in [9.17, 15) is 19.2 Å². The molecule has 258 valence electrons. The molecular weight excluding hydrogens is 626 g/mol. The lowest BCUT2D eigenvalue weighted by Gasteiger charge is -2.29. The van der Waals surface area contributed by atoms with Crippen LogP contribution >= 0.6 is 0 Å². The molecule has 2 unspecified atom stereocenters. The highest BCUT2D eigenvalue weighted by Gasteiger charge is 2.35. The summed E-state index contributed by atoms with van der Waals surface area (Å²) in [6.45, 7) is 8.21. The van der Waals surface area contributed by atoms with Crippen molar-refractivity contribution in [2.45, 2.75) is 71.1 Å². The van der Waals surface area contributed by atoms with E-state index in [1.165, 1.54) is 26.4 Å². The Morgan fingerprint density at radius 2 is 1.37 bits per heavy atom. The molecule has 0 saturated carbocycles. The van der Waals surface area contributed by atoms with Crippen molar-refractivity contribution < 1.29 is 33.4 Å². The molecule has 4 rings (SSSR count). The Balaban J connectivity index is 1.49. The number of nitrogens with zero attached hydrogens (tertiary/aromatic N) is 2. The van der Waals surface area contributed by atoms with Crippen molar-refractivity contribution in [2.24, 2.45) is 0 Å². The fraction of sp³-hybridized carbons (Fsp3) is 0.324. The molecule has 3 N–H and O–H groups in total. The molecule has 1 aromatic heterocycles. The van der Waals surface area contributed by atoms with Crippen LogP contribution in [0.25, 0.3) is 0 Å². The molecule has 0 spiro atoms. The molecule has 12 nitrogen and oxygen atoms in total. The molecule has 49 heavy (non-hydrogen) atoms. The number of hydrogen-bond donors (Lipinski definition) is 3. The minimum atomic E-state index is -1.44. The number of rotatable bonds is 14. The maximum absolute atomic E-state index is 13.6. The van der Waals surface area contributed by atoms with Crippen molar-refractivity contribution >= 4 is 29.7 Å². The number of nitrogens with one attached hydrogen (secondary N) is 3. The molecule has 0 fully saturated rings. The first-order valence-corrected chi connectivity index (χ1v) is 15.8. The van der Waals surface area contributed by atoms with Gasteiger partial charge in [-0.05, 0) is 51.3 Å². The van der Waals surface area contributed by atoms with Gasteiger partial charge in [0.05, 0.1) is 19.5 Å². The average Bonchev–Trinajstić information content (AvgIpc) is 3.51. The predicted octanol–water partition coefficient (Wildman–Crippen LogP) is 5.16. The topological polar surface area (TPSA) is 150 Å². The number of amides is 3. The van der Waals surface area contributed by atoms with Gasteiger partial charge in [-0.15, -0.1) is 0 Å². The van der Waals surface area contributed by atoms with Gasteiger partial charge in [0.25, 0.3) is 5.91 Å². The maximum Gasteiger partial charge on any atom is 0.408 e. The van der Waals surface area contributed by atoms with Gasteiger partial charge in [-0.25, -0.2) is 14.6 Å². The first-order valence-electron chi connectivity index (χ1n) is 15.8. The molecule has 3 aromatic carbocycles. The van der Waals surface area contributed by atoms with Gasteiger partial charge >= 0.3 is 12.1 Å². The Labute approximate surface area is 286 Å². The Hall–Kier alpha value is -5.49. The van der Waals surface area contributed by atoms with Crippen LogP contribution in [0, 0.1) is 0 Å². The molecule has 4 aromatic rings. The lowest BCUT2D eigenvalue weighted by molar-refractivity contribution is -0.147. The van der Waals surface area contributed by atoms with Crippen LogP contribution in [0.3, 0.4) is 0 Å². The largest absolute Gasteiger partial charge is 0.459 e. The van der Waals surface area contributed by atoms with Crippen molar-refractivity contribution in [1.82, 2.24) is 20.2 Å². The molecule has 0 radical (unpaired) electrons. The summed E-state index contributed by atoms with van der Waals surface area (Å²) in [6, 6.07) is 25.7. The van der Waals surface area contributed by atoms with Gasteiger partial charge in [-0.3, -0.25) is 9.59 Å². The first-order chi connectivity index (χ1) is 23.3. The van der Waals surface area contributed by atoms with E-state index in [1.807, 2.05) is 78.9 Å². The third-order valence-electron chi connectivity index (χ3n) is 7.11. The minimum Gasteiger partial charge on any atom is -0.459 e. The van der Waals surface area contributed by atoms with Crippen LogP contribution in [0.5, 0.6) is 0 Å². The highest BCUT2D eigenvalue weighted by molar-refractivity contribution is 5.98. The number of hydrogen-bond acceptors (Lipinski definition) is 8. The van der Waals surface area contributed by atoms with E-state index in [1.54, 1.807) is 37.5 Å². The van der Waals surface area contributed by atoms with Crippen LogP contribution in [0.1, 0.15) is 57.4 Å². The van der Waals surface area contributed by atoms with Crippen LogP contribution in [-0.4, -0.2) is 57.2 Å². The Morgan fingerprint density at radius 3 is 1.96 bits per heavy atom. The molecule has 1 heterocycles.